The van der Waals surface area contributed by atoms with Gasteiger partial charge in [0.1, 0.15) is 0 Å². The highest BCUT2D eigenvalue weighted by atomic mass is 32.1. The Kier molecular flexibility index (Phi) is 5.49. The molecule has 0 unspecified atom stereocenters. The van der Waals surface area contributed by atoms with Crippen LogP contribution < -0.4 is 16.4 Å². The van der Waals surface area contributed by atoms with Crippen LogP contribution in [-0.4, -0.2) is 17.6 Å². The van der Waals surface area contributed by atoms with E-state index in [-0.39, 0.29) is 5.91 Å². The third-order valence-electron chi connectivity index (χ3n) is 3.24. The van der Waals surface area contributed by atoms with Crippen LogP contribution in [0.25, 0.3) is 0 Å². The van der Waals surface area contributed by atoms with E-state index < -0.39 is 0 Å². The van der Waals surface area contributed by atoms with Gasteiger partial charge < -0.3 is 16.4 Å². The van der Waals surface area contributed by atoms with Gasteiger partial charge >= 0.3 is 0 Å². The van der Waals surface area contributed by atoms with Gasteiger partial charge in [0.2, 0.25) is 0 Å². The zero-order valence-corrected chi connectivity index (χ0v) is 13.2. The van der Waals surface area contributed by atoms with Gasteiger partial charge in [-0.25, -0.2) is 0 Å². The Morgan fingerprint density at radius 1 is 1.09 bits per heavy atom. The normalized spacial score (nSPS) is 10.0. The van der Waals surface area contributed by atoms with Crippen molar-refractivity contribution in [1.29, 1.82) is 0 Å². The molecule has 0 saturated heterocycles. The molecule has 2 aromatic rings. The molecule has 0 saturated carbocycles. The van der Waals surface area contributed by atoms with E-state index in [9.17, 15) is 4.79 Å². The second kappa shape index (κ2) is 7.56. The highest BCUT2D eigenvalue weighted by Crippen LogP contribution is 2.12. The monoisotopic (exact) mass is 313 g/mol. The summed E-state index contributed by atoms with van der Waals surface area (Å²) < 4.78 is 0. The number of nitrogens with two attached hydrogens (primary N) is 1. The van der Waals surface area contributed by atoms with E-state index in [4.69, 9.17) is 18.0 Å². The van der Waals surface area contributed by atoms with E-state index in [0.29, 0.717) is 17.2 Å². The fourth-order valence-electron chi connectivity index (χ4n) is 1.99. The predicted molar refractivity (Wildman–Crippen MR) is 94.1 cm³/mol. The van der Waals surface area contributed by atoms with Crippen LogP contribution >= 0.6 is 12.2 Å². The molecule has 5 heteroatoms. The number of nitrogens with one attached hydrogen (secondary N) is 2. The third-order valence-corrected chi connectivity index (χ3v) is 3.38. The molecule has 0 aliphatic heterocycles. The molecule has 22 heavy (non-hydrogen) atoms. The molecular weight excluding hydrogens is 294 g/mol. The number of carbonyl (C=O) groups is 1. The van der Waals surface area contributed by atoms with Gasteiger partial charge in [0.25, 0.3) is 5.91 Å². The van der Waals surface area contributed by atoms with E-state index >= 15 is 0 Å². The Bertz CT molecular complexity index is 651. The number of amides is 1. The first-order valence-electron chi connectivity index (χ1n) is 7.05. The van der Waals surface area contributed by atoms with Crippen molar-refractivity contribution >= 4 is 28.9 Å². The Morgan fingerprint density at radius 2 is 1.73 bits per heavy atom. The lowest BCUT2D eigenvalue weighted by atomic mass is 10.1. The first-order valence-corrected chi connectivity index (χ1v) is 7.46. The van der Waals surface area contributed by atoms with Gasteiger partial charge in [0.15, 0.2) is 5.11 Å². The second-order valence-electron chi connectivity index (χ2n) is 5.06. The van der Waals surface area contributed by atoms with Gasteiger partial charge in [0.05, 0.1) is 0 Å². The van der Waals surface area contributed by atoms with E-state index in [1.54, 1.807) is 0 Å². The molecule has 4 N–H and O–H groups in total. The maximum absolute atomic E-state index is 12.1. The van der Waals surface area contributed by atoms with Crippen molar-refractivity contribution in [3.63, 3.8) is 0 Å². The summed E-state index contributed by atoms with van der Waals surface area (Å²) in [6.45, 7) is 2.69. The van der Waals surface area contributed by atoms with Crippen LogP contribution in [0.15, 0.2) is 48.5 Å². The van der Waals surface area contributed by atoms with Gasteiger partial charge in [-0.1, -0.05) is 29.8 Å². The van der Waals surface area contributed by atoms with Gasteiger partial charge in [-0.15, -0.1) is 0 Å². The summed E-state index contributed by atoms with van der Waals surface area (Å²) in [5, 5.41) is 6.10. The van der Waals surface area contributed by atoms with Crippen molar-refractivity contribution in [1.82, 2.24) is 5.32 Å². The van der Waals surface area contributed by atoms with Gasteiger partial charge in [-0.2, -0.15) is 0 Å². The average molecular weight is 313 g/mol. The average Bonchev–Trinajstić information content (AvgIpc) is 2.49. The van der Waals surface area contributed by atoms with Crippen molar-refractivity contribution in [3.8, 4) is 0 Å². The van der Waals surface area contributed by atoms with Crippen molar-refractivity contribution in [2.75, 3.05) is 11.9 Å². The highest BCUT2D eigenvalue weighted by Gasteiger charge is 2.05. The van der Waals surface area contributed by atoms with Crippen LogP contribution in [0.5, 0.6) is 0 Å². The minimum atomic E-state index is -0.108. The van der Waals surface area contributed by atoms with Crippen molar-refractivity contribution in [3.05, 3.63) is 65.2 Å². The predicted octanol–water partition coefficient (Wildman–Crippen LogP) is 2.62. The molecule has 0 aliphatic carbocycles. The molecule has 2 aromatic carbocycles. The second-order valence-corrected chi connectivity index (χ2v) is 5.50. The van der Waals surface area contributed by atoms with E-state index in [2.05, 4.69) is 10.6 Å². The number of benzene rings is 2. The molecule has 0 radical (unpaired) electrons. The smallest absolute Gasteiger partial charge is 0.255 e. The molecule has 0 spiro atoms. The maximum atomic E-state index is 12.1. The Morgan fingerprint density at radius 3 is 2.32 bits per heavy atom. The number of hydrogen-bond acceptors (Lipinski definition) is 2. The van der Waals surface area contributed by atoms with Crippen LogP contribution in [0.2, 0.25) is 0 Å². The van der Waals surface area contributed by atoms with Gasteiger partial charge in [-0.3, -0.25) is 4.79 Å². The maximum Gasteiger partial charge on any atom is 0.255 e. The summed E-state index contributed by atoms with van der Waals surface area (Å²) in [5.41, 5.74) is 9.08. The molecule has 0 aliphatic rings. The lowest BCUT2D eigenvalue weighted by Crippen LogP contribution is -2.30. The van der Waals surface area contributed by atoms with Gasteiger partial charge in [-0.05, 0) is 55.4 Å². The molecular formula is C17H19N3OS. The van der Waals surface area contributed by atoms with Crippen LogP contribution in [0.3, 0.4) is 0 Å². The van der Waals surface area contributed by atoms with E-state index in [1.807, 2.05) is 55.5 Å². The number of rotatable bonds is 5. The summed E-state index contributed by atoms with van der Waals surface area (Å²) in [7, 11) is 0. The third kappa shape index (κ3) is 4.86. The van der Waals surface area contributed by atoms with Crippen molar-refractivity contribution < 1.29 is 4.79 Å². The fourth-order valence-corrected chi connectivity index (χ4v) is 2.10. The molecule has 114 valence electrons. The summed E-state index contributed by atoms with van der Waals surface area (Å²) in [6.07, 6.45) is 0.823. The molecule has 0 fully saturated rings. The zero-order valence-electron chi connectivity index (χ0n) is 12.4. The highest BCUT2D eigenvalue weighted by molar-refractivity contribution is 7.80. The Balaban J connectivity index is 1.91. The quantitative estimate of drug-likeness (QED) is 0.742. The minimum absolute atomic E-state index is 0.108. The molecule has 4 nitrogen and oxygen atoms in total. The summed E-state index contributed by atoms with van der Waals surface area (Å²) in [6, 6.07) is 15.2. The van der Waals surface area contributed by atoms with E-state index in [0.717, 1.165) is 23.2 Å². The lowest BCUT2D eigenvalue weighted by Gasteiger charge is -2.07. The number of aryl methyl sites for hydroxylation is 1. The van der Waals surface area contributed by atoms with Crippen LogP contribution in [0.4, 0.5) is 5.69 Å². The first kappa shape index (κ1) is 16.0. The topological polar surface area (TPSA) is 67.2 Å². The lowest BCUT2D eigenvalue weighted by molar-refractivity contribution is 0.102. The molecule has 1 amide bonds. The molecule has 0 atom stereocenters. The standard InChI is InChI=1S/C17H19N3OS/c1-12-2-6-14(7-3-12)16(21)20-15-8-4-13(5-9-15)10-11-19-17(18)22/h2-9H,10-11H2,1H3,(H,20,21)(H3,18,19,22). The first-order chi connectivity index (χ1) is 10.5. The van der Waals surface area contributed by atoms with Crippen molar-refractivity contribution in [2.24, 2.45) is 5.73 Å². The fraction of sp³-hybridized carbons (Fsp3) is 0.176. The number of thiocarbonyl (C=S) groups is 1. The van der Waals surface area contributed by atoms with Crippen LogP contribution in [0.1, 0.15) is 21.5 Å². The number of anilines is 1. The zero-order chi connectivity index (χ0) is 15.9. The molecule has 0 heterocycles. The number of hydrogen-bond donors (Lipinski definition) is 3. The summed E-state index contributed by atoms with van der Waals surface area (Å²) in [4.78, 5) is 12.1. The SMILES string of the molecule is Cc1ccc(C(=O)Nc2ccc(CCNC(N)=S)cc2)cc1. The molecule has 2 rings (SSSR count). The van der Waals surface area contributed by atoms with Crippen LogP contribution in [-0.2, 0) is 6.42 Å². The van der Waals surface area contributed by atoms with Crippen LogP contribution in [0, 0.1) is 6.92 Å². The van der Waals surface area contributed by atoms with E-state index in [1.165, 1.54) is 0 Å². The number of carbonyl (C=O) groups excluding carboxylic acids is 1. The summed E-state index contributed by atoms with van der Waals surface area (Å²) in [5.74, 6) is -0.108. The largest absolute Gasteiger partial charge is 0.376 e. The minimum Gasteiger partial charge on any atom is -0.376 e. The molecule has 0 bridgehead atoms. The Labute approximate surface area is 135 Å². The molecule has 0 aromatic heterocycles. The summed E-state index contributed by atoms with van der Waals surface area (Å²) >= 11 is 4.75. The Hall–Kier alpha value is -2.40. The van der Waals surface area contributed by atoms with Crippen molar-refractivity contribution in [2.45, 2.75) is 13.3 Å². The van der Waals surface area contributed by atoms with Gasteiger partial charge in [0, 0.05) is 17.8 Å².